The van der Waals surface area contributed by atoms with Crippen LogP contribution >= 0.6 is 23.1 Å². The lowest BCUT2D eigenvalue weighted by molar-refractivity contribution is 0.287. The largest absolute Gasteiger partial charge is 0.490 e. The van der Waals surface area contributed by atoms with Crippen LogP contribution in [0, 0.1) is 11.3 Å². The number of thioether (sulfide) groups is 1. The molecule has 0 atom stereocenters. The van der Waals surface area contributed by atoms with Crippen molar-refractivity contribution in [3.63, 3.8) is 0 Å². The monoisotopic (exact) mass is 382 g/mol. The van der Waals surface area contributed by atoms with Crippen LogP contribution in [0.3, 0.4) is 0 Å². The predicted octanol–water partition coefficient (Wildman–Crippen LogP) is 5.75. The number of para-hydroxylation sites is 1. The van der Waals surface area contributed by atoms with Crippen molar-refractivity contribution in [1.29, 1.82) is 5.26 Å². The number of fused-ring (bicyclic) bond motifs is 1. The van der Waals surface area contributed by atoms with Gasteiger partial charge in [-0.05, 0) is 61.5 Å². The van der Waals surface area contributed by atoms with Gasteiger partial charge in [0, 0.05) is 0 Å². The fourth-order valence-electron chi connectivity index (χ4n) is 2.38. The number of allylic oxidation sites excluding steroid dienone is 1. The van der Waals surface area contributed by atoms with Gasteiger partial charge >= 0.3 is 0 Å². The molecule has 0 fully saturated rings. The molecule has 0 spiro atoms. The molecule has 0 saturated heterocycles. The van der Waals surface area contributed by atoms with Crippen LogP contribution in [-0.2, 0) is 0 Å². The second kappa shape index (κ2) is 8.75. The van der Waals surface area contributed by atoms with Crippen molar-refractivity contribution in [3.8, 4) is 17.6 Å². The summed E-state index contributed by atoms with van der Waals surface area (Å²) in [6.45, 7) is 5.00. The zero-order valence-electron chi connectivity index (χ0n) is 14.6. The molecule has 0 aliphatic heterocycles. The molecule has 132 valence electrons. The maximum atomic E-state index is 9.52. The lowest BCUT2D eigenvalue weighted by atomic mass is 10.2. The van der Waals surface area contributed by atoms with E-state index in [1.165, 1.54) is 11.8 Å². The second-order valence-electron chi connectivity index (χ2n) is 5.24. The minimum atomic E-state index is 0.554. The van der Waals surface area contributed by atoms with Gasteiger partial charge in [0.2, 0.25) is 0 Å². The van der Waals surface area contributed by atoms with E-state index in [0.717, 1.165) is 20.1 Å². The Hall–Kier alpha value is -2.49. The van der Waals surface area contributed by atoms with E-state index in [1.807, 2.05) is 62.4 Å². The molecule has 2 aromatic carbocycles. The standard InChI is InChI=1S/C20H18N2O2S2/c1-3-23-17-10-9-14(12-18(17)24-4-2)11-15(13-21)25-20-22-16-7-5-6-8-19(16)26-20/h5-12H,3-4H2,1-2H3. The molecule has 0 aliphatic carbocycles. The summed E-state index contributed by atoms with van der Waals surface area (Å²) in [7, 11) is 0. The molecular weight excluding hydrogens is 364 g/mol. The Morgan fingerprint density at radius 3 is 2.65 bits per heavy atom. The molecule has 0 saturated carbocycles. The average molecular weight is 383 g/mol. The summed E-state index contributed by atoms with van der Waals surface area (Å²) >= 11 is 2.97. The Kier molecular flexibility index (Phi) is 6.16. The summed E-state index contributed by atoms with van der Waals surface area (Å²) in [4.78, 5) is 5.15. The summed E-state index contributed by atoms with van der Waals surface area (Å²) in [6.07, 6.45) is 1.84. The highest BCUT2D eigenvalue weighted by atomic mass is 32.2. The fraction of sp³-hybridized carbons (Fsp3) is 0.200. The molecule has 4 nitrogen and oxygen atoms in total. The van der Waals surface area contributed by atoms with Crippen LogP contribution in [0.15, 0.2) is 51.7 Å². The van der Waals surface area contributed by atoms with Gasteiger partial charge in [0.05, 0.1) is 28.3 Å². The van der Waals surface area contributed by atoms with E-state index < -0.39 is 0 Å². The van der Waals surface area contributed by atoms with E-state index in [9.17, 15) is 5.26 Å². The molecule has 0 bridgehead atoms. The minimum Gasteiger partial charge on any atom is -0.490 e. The molecule has 3 aromatic rings. The summed E-state index contributed by atoms with van der Waals surface area (Å²) in [5.74, 6) is 1.40. The third-order valence-electron chi connectivity index (χ3n) is 3.45. The maximum Gasteiger partial charge on any atom is 0.161 e. The van der Waals surface area contributed by atoms with Gasteiger partial charge in [0.1, 0.15) is 6.07 Å². The highest BCUT2D eigenvalue weighted by Gasteiger charge is 2.09. The Morgan fingerprint density at radius 2 is 1.92 bits per heavy atom. The molecule has 0 N–H and O–H groups in total. The van der Waals surface area contributed by atoms with Crippen molar-refractivity contribution < 1.29 is 9.47 Å². The first kappa shape index (κ1) is 18.3. The number of thiazole rings is 1. The van der Waals surface area contributed by atoms with E-state index in [-0.39, 0.29) is 0 Å². The number of nitrogens with zero attached hydrogens (tertiary/aromatic N) is 2. The van der Waals surface area contributed by atoms with Crippen molar-refractivity contribution >= 4 is 39.4 Å². The Balaban J connectivity index is 1.86. The first-order valence-corrected chi connectivity index (χ1v) is 9.91. The number of rotatable bonds is 7. The molecule has 1 heterocycles. The van der Waals surface area contributed by atoms with E-state index in [4.69, 9.17) is 9.47 Å². The van der Waals surface area contributed by atoms with Crippen molar-refractivity contribution in [2.45, 2.75) is 18.2 Å². The lowest BCUT2D eigenvalue weighted by Gasteiger charge is -2.11. The second-order valence-corrected chi connectivity index (χ2v) is 7.56. The number of benzene rings is 2. The molecule has 26 heavy (non-hydrogen) atoms. The zero-order chi connectivity index (χ0) is 18.4. The Morgan fingerprint density at radius 1 is 1.15 bits per heavy atom. The highest BCUT2D eigenvalue weighted by Crippen LogP contribution is 2.35. The van der Waals surface area contributed by atoms with Gasteiger partial charge in [-0.2, -0.15) is 5.26 Å². The minimum absolute atomic E-state index is 0.554. The van der Waals surface area contributed by atoms with Crippen LogP contribution < -0.4 is 9.47 Å². The van der Waals surface area contributed by atoms with Crippen LogP contribution in [0.5, 0.6) is 11.5 Å². The number of hydrogen-bond acceptors (Lipinski definition) is 6. The first-order valence-electron chi connectivity index (χ1n) is 8.28. The van der Waals surface area contributed by atoms with Gasteiger partial charge in [-0.15, -0.1) is 11.3 Å². The SMILES string of the molecule is CCOc1ccc(C=C(C#N)Sc2nc3ccccc3s2)cc1OCC. The van der Waals surface area contributed by atoms with Gasteiger partial charge in [-0.3, -0.25) is 0 Å². The fourth-order valence-corrected chi connectivity index (χ4v) is 4.36. The normalized spacial score (nSPS) is 11.3. The van der Waals surface area contributed by atoms with Gasteiger partial charge in [-0.1, -0.05) is 18.2 Å². The van der Waals surface area contributed by atoms with Crippen LogP contribution in [0.4, 0.5) is 0 Å². The van der Waals surface area contributed by atoms with E-state index in [2.05, 4.69) is 11.1 Å². The molecular formula is C20H18N2O2S2. The molecule has 0 aliphatic rings. The van der Waals surface area contributed by atoms with E-state index in [1.54, 1.807) is 11.3 Å². The van der Waals surface area contributed by atoms with Crippen LogP contribution in [0.2, 0.25) is 0 Å². The first-order chi connectivity index (χ1) is 12.7. The third kappa shape index (κ3) is 4.37. The van der Waals surface area contributed by atoms with E-state index in [0.29, 0.717) is 29.6 Å². The predicted molar refractivity (Wildman–Crippen MR) is 108 cm³/mol. The van der Waals surface area contributed by atoms with Gasteiger partial charge < -0.3 is 9.47 Å². The Bertz CT molecular complexity index is 940. The summed E-state index contributed by atoms with van der Waals surface area (Å²) in [6, 6.07) is 15.9. The highest BCUT2D eigenvalue weighted by molar-refractivity contribution is 8.05. The summed E-state index contributed by atoms with van der Waals surface area (Å²) in [5.41, 5.74) is 1.85. The maximum absolute atomic E-state index is 9.52. The lowest BCUT2D eigenvalue weighted by Crippen LogP contribution is -1.98. The smallest absolute Gasteiger partial charge is 0.161 e. The van der Waals surface area contributed by atoms with Crippen LogP contribution in [0.1, 0.15) is 19.4 Å². The average Bonchev–Trinajstić information content (AvgIpc) is 3.06. The molecule has 0 amide bonds. The van der Waals surface area contributed by atoms with Gasteiger partial charge in [0.25, 0.3) is 0 Å². The number of hydrogen-bond donors (Lipinski definition) is 0. The third-order valence-corrected chi connectivity index (χ3v) is 5.47. The summed E-state index contributed by atoms with van der Waals surface area (Å²) < 4.78 is 13.2. The zero-order valence-corrected chi connectivity index (χ0v) is 16.2. The molecule has 3 rings (SSSR count). The quantitative estimate of drug-likeness (QED) is 0.385. The van der Waals surface area contributed by atoms with Crippen LogP contribution in [-0.4, -0.2) is 18.2 Å². The van der Waals surface area contributed by atoms with Gasteiger partial charge in [0.15, 0.2) is 15.8 Å². The molecule has 6 heteroatoms. The summed E-state index contributed by atoms with van der Waals surface area (Å²) in [5, 5.41) is 9.52. The number of nitriles is 1. The molecule has 0 unspecified atom stereocenters. The number of aromatic nitrogens is 1. The number of ether oxygens (including phenoxy) is 2. The van der Waals surface area contributed by atoms with Crippen molar-refractivity contribution in [3.05, 3.63) is 52.9 Å². The Labute approximate surface area is 161 Å². The van der Waals surface area contributed by atoms with Gasteiger partial charge in [-0.25, -0.2) is 4.98 Å². The van der Waals surface area contributed by atoms with Crippen molar-refractivity contribution in [1.82, 2.24) is 4.98 Å². The van der Waals surface area contributed by atoms with Crippen molar-refractivity contribution in [2.24, 2.45) is 0 Å². The molecule has 1 aromatic heterocycles. The molecule has 0 radical (unpaired) electrons. The van der Waals surface area contributed by atoms with Crippen molar-refractivity contribution in [2.75, 3.05) is 13.2 Å². The van der Waals surface area contributed by atoms with E-state index >= 15 is 0 Å². The van der Waals surface area contributed by atoms with Crippen LogP contribution in [0.25, 0.3) is 16.3 Å². The topological polar surface area (TPSA) is 55.1 Å².